The van der Waals surface area contributed by atoms with Gasteiger partial charge in [0.05, 0.1) is 6.26 Å². The molecular formula is C15H20N2O6S. The fraction of sp³-hybridized carbons (Fsp3) is 0.467. The number of rotatable bonds is 7. The van der Waals surface area contributed by atoms with Crippen LogP contribution in [-0.4, -0.2) is 55.2 Å². The Bertz CT molecular complexity index is 718. The molecule has 1 aliphatic heterocycles. The summed E-state index contributed by atoms with van der Waals surface area (Å²) in [6.45, 7) is 0.119. The molecule has 2 N–H and O–H groups in total. The van der Waals surface area contributed by atoms with Crippen molar-refractivity contribution in [2.24, 2.45) is 0 Å². The van der Waals surface area contributed by atoms with Crippen LogP contribution in [0.3, 0.4) is 0 Å². The van der Waals surface area contributed by atoms with Gasteiger partial charge in [-0.05, 0) is 30.5 Å². The zero-order valence-corrected chi connectivity index (χ0v) is 14.1. The minimum Gasteiger partial charge on any atom is -0.482 e. The minimum absolute atomic E-state index is 0.206. The first-order valence-electron chi connectivity index (χ1n) is 7.45. The van der Waals surface area contributed by atoms with E-state index in [1.54, 1.807) is 24.3 Å². The molecule has 0 saturated carbocycles. The van der Waals surface area contributed by atoms with Crippen LogP contribution in [0, 0.1) is 0 Å². The first kappa shape index (κ1) is 18.2. The van der Waals surface area contributed by atoms with Gasteiger partial charge in [0.2, 0.25) is 15.9 Å². The molecule has 0 aromatic heterocycles. The van der Waals surface area contributed by atoms with Gasteiger partial charge in [-0.15, -0.1) is 0 Å². The molecule has 0 spiro atoms. The van der Waals surface area contributed by atoms with Crippen molar-refractivity contribution < 1.29 is 27.9 Å². The van der Waals surface area contributed by atoms with Gasteiger partial charge < -0.3 is 15.2 Å². The lowest BCUT2D eigenvalue weighted by molar-refractivity contribution is -0.139. The van der Waals surface area contributed by atoms with Crippen LogP contribution in [-0.2, 0) is 26.2 Å². The van der Waals surface area contributed by atoms with Crippen LogP contribution in [0.25, 0.3) is 0 Å². The standard InChI is InChI=1S/C15H20N2O6S/c1-24(21,22)17-7-3-6-13(17)15(20)16-9-11-4-2-5-12(8-11)23-10-14(18)19/h2,4-5,8,13H,3,6-7,9-10H2,1H3,(H,16,20)(H,18,19)/t13-/m0/s1. The fourth-order valence-corrected chi connectivity index (χ4v) is 3.72. The molecule has 1 fully saturated rings. The Hall–Kier alpha value is -2.13. The van der Waals surface area contributed by atoms with Gasteiger partial charge in [0.1, 0.15) is 11.8 Å². The van der Waals surface area contributed by atoms with E-state index in [1.165, 1.54) is 4.31 Å². The first-order valence-corrected chi connectivity index (χ1v) is 9.30. The summed E-state index contributed by atoms with van der Waals surface area (Å²) in [4.78, 5) is 22.7. The van der Waals surface area contributed by atoms with Crippen LogP contribution in [0.1, 0.15) is 18.4 Å². The van der Waals surface area contributed by atoms with Crippen molar-refractivity contribution in [1.29, 1.82) is 0 Å². The van der Waals surface area contributed by atoms with E-state index in [0.717, 1.165) is 11.8 Å². The van der Waals surface area contributed by atoms with Crippen molar-refractivity contribution in [2.45, 2.75) is 25.4 Å². The molecule has 0 radical (unpaired) electrons. The average Bonchev–Trinajstić information content (AvgIpc) is 3.01. The lowest BCUT2D eigenvalue weighted by atomic mass is 10.2. The Morgan fingerprint density at radius 2 is 2.17 bits per heavy atom. The van der Waals surface area contributed by atoms with Gasteiger partial charge in [0, 0.05) is 13.1 Å². The maximum Gasteiger partial charge on any atom is 0.341 e. The highest BCUT2D eigenvalue weighted by Gasteiger charge is 2.36. The van der Waals surface area contributed by atoms with Crippen LogP contribution in [0.4, 0.5) is 0 Å². The Labute approximate surface area is 140 Å². The number of sulfonamides is 1. The normalized spacial score (nSPS) is 18.3. The monoisotopic (exact) mass is 356 g/mol. The Balaban J connectivity index is 1.94. The molecule has 0 bridgehead atoms. The first-order chi connectivity index (χ1) is 11.3. The van der Waals surface area contributed by atoms with Crippen molar-refractivity contribution in [1.82, 2.24) is 9.62 Å². The number of ether oxygens (including phenoxy) is 1. The molecule has 0 aliphatic carbocycles. The largest absolute Gasteiger partial charge is 0.482 e. The molecule has 1 atom stereocenters. The topological polar surface area (TPSA) is 113 Å². The minimum atomic E-state index is -3.41. The Morgan fingerprint density at radius 1 is 1.42 bits per heavy atom. The maximum absolute atomic E-state index is 12.2. The predicted molar refractivity (Wildman–Crippen MR) is 86.0 cm³/mol. The summed E-state index contributed by atoms with van der Waals surface area (Å²) in [6, 6.07) is 6.03. The zero-order chi connectivity index (χ0) is 17.7. The molecular weight excluding hydrogens is 336 g/mol. The van der Waals surface area contributed by atoms with Crippen molar-refractivity contribution in [3.8, 4) is 5.75 Å². The van der Waals surface area contributed by atoms with Crippen LogP contribution >= 0.6 is 0 Å². The van der Waals surface area contributed by atoms with Gasteiger partial charge in [-0.2, -0.15) is 4.31 Å². The van der Waals surface area contributed by atoms with Gasteiger partial charge in [0.15, 0.2) is 6.61 Å². The van der Waals surface area contributed by atoms with Gasteiger partial charge in [-0.1, -0.05) is 12.1 Å². The lowest BCUT2D eigenvalue weighted by Crippen LogP contribution is -2.45. The third-order valence-corrected chi connectivity index (χ3v) is 4.95. The van der Waals surface area contributed by atoms with Crippen molar-refractivity contribution in [3.05, 3.63) is 29.8 Å². The van der Waals surface area contributed by atoms with E-state index in [1.807, 2.05) is 0 Å². The molecule has 9 heteroatoms. The lowest BCUT2D eigenvalue weighted by Gasteiger charge is -2.21. The molecule has 0 unspecified atom stereocenters. The number of aliphatic carboxylic acids is 1. The number of nitrogens with one attached hydrogen (secondary N) is 1. The van der Waals surface area contributed by atoms with Crippen molar-refractivity contribution in [2.75, 3.05) is 19.4 Å². The predicted octanol–water partition coefficient (Wildman–Crippen LogP) is 0.190. The molecule has 24 heavy (non-hydrogen) atoms. The number of benzene rings is 1. The number of carbonyl (C=O) groups is 2. The molecule has 2 rings (SSSR count). The second kappa shape index (κ2) is 7.63. The second-order valence-corrected chi connectivity index (χ2v) is 7.51. The van der Waals surface area contributed by atoms with E-state index in [9.17, 15) is 18.0 Å². The molecule has 1 heterocycles. The molecule has 1 aromatic rings. The summed E-state index contributed by atoms with van der Waals surface area (Å²) in [7, 11) is -3.41. The van der Waals surface area contributed by atoms with Crippen LogP contribution in [0.15, 0.2) is 24.3 Å². The summed E-state index contributed by atoms with van der Waals surface area (Å²) in [5.41, 5.74) is 0.732. The third kappa shape index (κ3) is 4.93. The maximum atomic E-state index is 12.2. The number of carbonyl (C=O) groups excluding carboxylic acids is 1. The number of carboxylic acids is 1. The van der Waals surface area contributed by atoms with Crippen LogP contribution < -0.4 is 10.1 Å². The average molecular weight is 356 g/mol. The van der Waals surface area contributed by atoms with Crippen molar-refractivity contribution >= 4 is 21.9 Å². The van der Waals surface area contributed by atoms with Gasteiger partial charge in [-0.3, -0.25) is 4.79 Å². The smallest absolute Gasteiger partial charge is 0.341 e. The van der Waals surface area contributed by atoms with E-state index in [4.69, 9.17) is 9.84 Å². The van der Waals surface area contributed by atoms with Gasteiger partial charge in [-0.25, -0.2) is 13.2 Å². The Kier molecular flexibility index (Phi) is 5.79. The Morgan fingerprint density at radius 3 is 2.83 bits per heavy atom. The third-order valence-electron chi connectivity index (χ3n) is 3.66. The molecule has 1 aromatic carbocycles. The molecule has 1 saturated heterocycles. The van der Waals surface area contributed by atoms with Crippen LogP contribution in [0.5, 0.6) is 5.75 Å². The number of hydrogen-bond acceptors (Lipinski definition) is 5. The highest BCUT2D eigenvalue weighted by atomic mass is 32.2. The molecule has 1 aliphatic rings. The molecule has 132 valence electrons. The summed E-state index contributed by atoms with van der Waals surface area (Å²) < 4.78 is 29.6. The van der Waals surface area contributed by atoms with E-state index in [2.05, 4.69) is 5.32 Å². The zero-order valence-electron chi connectivity index (χ0n) is 13.3. The highest BCUT2D eigenvalue weighted by Crippen LogP contribution is 2.20. The quantitative estimate of drug-likeness (QED) is 0.721. The molecule has 8 nitrogen and oxygen atoms in total. The van der Waals surface area contributed by atoms with Crippen LogP contribution in [0.2, 0.25) is 0 Å². The SMILES string of the molecule is CS(=O)(=O)N1CCC[C@H]1C(=O)NCc1cccc(OCC(=O)O)c1. The summed E-state index contributed by atoms with van der Waals surface area (Å²) >= 11 is 0. The number of carboxylic acid groups (broad SMARTS) is 1. The van der Waals surface area contributed by atoms with E-state index in [-0.39, 0.29) is 12.5 Å². The summed E-state index contributed by atoms with van der Waals surface area (Å²) in [5.74, 6) is -1.02. The highest BCUT2D eigenvalue weighted by molar-refractivity contribution is 7.88. The number of nitrogens with zero attached hydrogens (tertiary/aromatic N) is 1. The van der Waals surface area contributed by atoms with Gasteiger partial charge in [0.25, 0.3) is 0 Å². The van der Waals surface area contributed by atoms with E-state index in [0.29, 0.717) is 25.1 Å². The fourth-order valence-electron chi connectivity index (χ4n) is 2.60. The van der Waals surface area contributed by atoms with E-state index >= 15 is 0 Å². The summed E-state index contributed by atoms with van der Waals surface area (Å²) in [5, 5.41) is 11.3. The second-order valence-electron chi connectivity index (χ2n) is 5.58. The van der Waals surface area contributed by atoms with Gasteiger partial charge >= 0.3 is 5.97 Å². The summed E-state index contributed by atoms with van der Waals surface area (Å²) in [6.07, 6.45) is 2.26. The molecule has 1 amide bonds. The van der Waals surface area contributed by atoms with E-state index < -0.39 is 28.6 Å². The van der Waals surface area contributed by atoms with Crippen molar-refractivity contribution in [3.63, 3.8) is 0 Å². The number of hydrogen-bond donors (Lipinski definition) is 2. The number of amides is 1.